The highest BCUT2D eigenvalue weighted by molar-refractivity contribution is 5.88. The molecule has 2 saturated carbocycles. The van der Waals surface area contributed by atoms with E-state index >= 15 is 0 Å². The smallest absolute Gasteiger partial charge is 0.239 e. The summed E-state index contributed by atoms with van der Waals surface area (Å²) < 4.78 is 5.42. The van der Waals surface area contributed by atoms with Gasteiger partial charge in [-0.1, -0.05) is 0 Å². The van der Waals surface area contributed by atoms with Crippen molar-refractivity contribution in [2.75, 3.05) is 19.8 Å². The number of hydrogen-bond donors (Lipinski definition) is 1. The Morgan fingerprint density at radius 2 is 2.17 bits per heavy atom. The van der Waals surface area contributed by atoms with E-state index in [9.17, 15) is 9.59 Å². The van der Waals surface area contributed by atoms with E-state index in [4.69, 9.17) is 4.74 Å². The lowest BCUT2D eigenvalue weighted by molar-refractivity contribution is -0.138. The van der Waals surface area contributed by atoms with Crippen molar-refractivity contribution in [2.24, 2.45) is 0 Å². The van der Waals surface area contributed by atoms with Crippen LogP contribution in [0.2, 0.25) is 0 Å². The van der Waals surface area contributed by atoms with E-state index in [0.717, 1.165) is 25.7 Å². The second-order valence-corrected chi connectivity index (χ2v) is 5.49. The number of carbonyl (C=O) groups excluding carboxylic acids is 2. The Labute approximate surface area is 107 Å². The Morgan fingerprint density at radius 1 is 1.33 bits per heavy atom. The van der Waals surface area contributed by atoms with Gasteiger partial charge >= 0.3 is 0 Å². The number of carbonyl (C=O) groups is 2. The molecule has 18 heavy (non-hydrogen) atoms. The average Bonchev–Trinajstić information content (AvgIpc) is 3.09. The molecule has 100 valence electrons. The van der Waals surface area contributed by atoms with Crippen LogP contribution < -0.4 is 5.32 Å². The summed E-state index contributed by atoms with van der Waals surface area (Å²) in [6.45, 7) is 1.73. The van der Waals surface area contributed by atoms with Crippen LogP contribution in [-0.4, -0.2) is 54.5 Å². The molecule has 1 heterocycles. The highest BCUT2D eigenvalue weighted by Crippen LogP contribution is 2.25. The van der Waals surface area contributed by atoms with E-state index < -0.39 is 0 Å². The molecule has 0 aromatic heterocycles. The molecule has 0 aromatic carbocycles. The number of hydrogen-bond acceptors (Lipinski definition) is 4. The number of morpholine rings is 1. The molecule has 3 fully saturated rings. The second-order valence-electron chi connectivity index (χ2n) is 5.49. The maximum Gasteiger partial charge on any atom is 0.239 e. The molecule has 0 bridgehead atoms. The van der Waals surface area contributed by atoms with Crippen molar-refractivity contribution in [1.29, 1.82) is 0 Å². The van der Waals surface area contributed by atoms with Crippen molar-refractivity contribution in [3.05, 3.63) is 0 Å². The monoisotopic (exact) mass is 252 g/mol. The highest BCUT2D eigenvalue weighted by atomic mass is 16.5. The lowest BCUT2D eigenvalue weighted by Gasteiger charge is -2.37. The molecule has 0 spiro atoms. The molecule has 2 atom stereocenters. The Morgan fingerprint density at radius 3 is 2.83 bits per heavy atom. The standard InChI is InChI=1S/C13H20N2O3/c16-12-3-1-2-10(12)15-6-7-18-8-11(15)13(17)14-9-4-5-9/h9-11H,1-8H2,(H,14,17). The third-order valence-electron chi connectivity index (χ3n) is 4.07. The molecule has 5 nitrogen and oxygen atoms in total. The second kappa shape index (κ2) is 4.97. The van der Waals surface area contributed by atoms with Crippen LogP contribution in [0.1, 0.15) is 32.1 Å². The highest BCUT2D eigenvalue weighted by Gasteiger charge is 2.40. The molecule has 3 rings (SSSR count). The average molecular weight is 252 g/mol. The van der Waals surface area contributed by atoms with Gasteiger partial charge < -0.3 is 10.1 Å². The lowest BCUT2D eigenvalue weighted by Crippen LogP contribution is -2.58. The maximum atomic E-state index is 12.2. The fourth-order valence-corrected chi connectivity index (χ4v) is 2.89. The van der Waals surface area contributed by atoms with Gasteiger partial charge in [-0.25, -0.2) is 0 Å². The van der Waals surface area contributed by atoms with Crippen molar-refractivity contribution in [3.8, 4) is 0 Å². The van der Waals surface area contributed by atoms with Gasteiger partial charge in [0.05, 0.1) is 19.3 Å². The van der Waals surface area contributed by atoms with E-state index in [0.29, 0.717) is 38.0 Å². The van der Waals surface area contributed by atoms with Gasteiger partial charge in [-0.15, -0.1) is 0 Å². The van der Waals surface area contributed by atoms with Crippen molar-refractivity contribution in [3.63, 3.8) is 0 Å². The van der Waals surface area contributed by atoms with Crippen molar-refractivity contribution >= 4 is 11.7 Å². The van der Waals surface area contributed by atoms with Crippen LogP contribution in [0.3, 0.4) is 0 Å². The number of nitrogens with one attached hydrogen (secondary N) is 1. The van der Waals surface area contributed by atoms with Gasteiger partial charge in [0.1, 0.15) is 11.8 Å². The lowest BCUT2D eigenvalue weighted by atomic mass is 10.1. The van der Waals surface area contributed by atoms with Gasteiger partial charge in [-0.05, 0) is 25.7 Å². The third-order valence-corrected chi connectivity index (χ3v) is 4.07. The summed E-state index contributed by atoms with van der Waals surface area (Å²) in [5.41, 5.74) is 0. The van der Waals surface area contributed by atoms with Gasteiger partial charge in [-0.2, -0.15) is 0 Å². The van der Waals surface area contributed by atoms with Gasteiger partial charge in [0.25, 0.3) is 0 Å². The number of ether oxygens (including phenoxy) is 1. The molecular weight excluding hydrogens is 232 g/mol. The fraction of sp³-hybridized carbons (Fsp3) is 0.846. The molecule has 1 saturated heterocycles. The molecule has 1 N–H and O–H groups in total. The Balaban J connectivity index is 1.68. The van der Waals surface area contributed by atoms with Gasteiger partial charge in [-0.3, -0.25) is 14.5 Å². The zero-order valence-electron chi connectivity index (χ0n) is 10.6. The van der Waals surface area contributed by atoms with Crippen molar-refractivity contribution in [2.45, 2.75) is 50.2 Å². The first-order chi connectivity index (χ1) is 8.75. The first-order valence-corrected chi connectivity index (χ1v) is 6.92. The molecule has 0 aromatic rings. The summed E-state index contributed by atoms with van der Waals surface area (Å²) in [4.78, 5) is 26.1. The first kappa shape index (κ1) is 12.1. The van der Waals surface area contributed by atoms with Crippen LogP contribution >= 0.6 is 0 Å². The van der Waals surface area contributed by atoms with E-state index in [1.165, 1.54) is 0 Å². The topological polar surface area (TPSA) is 58.6 Å². The van der Waals surface area contributed by atoms with Crippen LogP contribution in [0.15, 0.2) is 0 Å². The molecule has 0 radical (unpaired) electrons. The predicted molar refractivity (Wildman–Crippen MR) is 65.1 cm³/mol. The number of ketones is 1. The van der Waals surface area contributed by atoms with Crippen molar-refractivity contribution < 1.29 is 14.3 Å². The molecule has 5 heteroatoms. The Kier molecular flexibility index (Phi) is 3.35. The van der Waals surface area contributed by atoms with Crippen molar-refractivity contribution in [1.82, 2.24) is 10.2 Å². The van der Waals surface area contributed by atoms with E-state index in [1.54, 1.807) is 0 Å². The summed E-state index contributed by atoms with van der Waals surface area (Å²) in [5.74, 6) is 0.332. The number of amides is 1. The van der Waals surface area contributed by atoms with Gasteiger partial charge in [0, 0.05) is 19.0 Å². The van der Waals surface area contributed by atoms with Gasteiger partial charge in [0.15, 0.2) is 0 Å². The van der Waals surface area contributed by atoms with E-state index in [2.05, 4.69) is 10.2 Å². The van der Waals surface area contributed by atoms with Crippen LogP contribution in [0, 0.1) is 0 Å². The molecule has 2 unspecified atom stereocenters. The summed E-state index contributed by atoms with van der Waals surface area (Å²) in [5, 5.41) is 3.02. The zero-order chi connectivity index (χ0) is 12.5. The number of Topliss-reactive ketones (excluding diaryl/α,β-unsaturated/α-hetero) is 1. The van der Waals surface area contributed by atoms with Gasteiger partial charge in [0.2, 0.25) is 5.91 Å². The first-order valence-electron chi connectivity index (χ1n) is 6.92. The normalized spacial score (nSPS) is 33.7. The minimum atomic E-state index is -0.272. The fourth-order valence-electron chi connectivity index (χ4n) is 2.89. The Hall–Kier alpha value is -0.940. The minimum absolute atomic E-state index is 0.0388. The number of rotatable bonds is 3. The zero-order valence-corrected chi connectivity index (χ0v) is 10.6. The molecule has 2 aliphatic carbocycles. The maximum absolute atomic E-state index is 12.2. The van der Waals surface area contributed by atoms with E-state index in [1.807, 2.05) is 0 Å². The van der Waals surface area contributed by atoms with Crippen LogP contribution in [0.25, 0.3) is 0 Å². The van der Waals surface area contributed by atoms with Crippen LogP contribution in [0.5, 0.6) is 0 Å². The Bertz CT molecular complexity index is 354. The van der Waals surface area contributed by atoms with E-state index in [-0.39, 0.29) is 18.0 Å². The number of nitrogens with zero attached hydrogens (tertiary/aromatic N) is 1. The summed E-state index contributed by atoms with van der Waals surface area (Å²) >= 11 is 0. The molecule has 1 aliphatic heterocycles. The van der Waals surface area contributed by atoms with Crippen LogP contribution in [0.4, 0.5) is 0 Å². The van der Waals surface area contributed by atoms with Crippen LogP contribution in [-0.2, 0) is 14.3 Å². The third kappa shape index (κ3) is 2.42. The predicted octanol–water partition coefficient (Wildman–Crippen LogP) is 0.0874. The summed E-state index contributed by atoms with van der Waals surface area (Å²) in [6, 6.07) is 0.0378. The summed E-state index contributed by atoms with van der Waals surface area (Å²) in [7, 11) is 0. The largest absolute Gasteiger partial charge is 0.378 e. The molecular formula is C13H20N2O3. The SMILES string of the molecule is O=C1CCCC1N1CCOCC1C(=O)NC1CC1. The minimum Gasteiger partial charge on any atom is -0.378 e. The summed E-state index contributed by atoms with van der Waals surface area (Å²) in [6.07, 6.45) is 4.69. The molecule has 1 amide bonds. The quantitative estimate of drug-likeness (QED) is 0.773. The molecule has 3 aliphatic rings.